The van der Waals surface area contributed by atoms with E-state index in [4.69, 9.17) is 4.74 Å². The van der Waals surface area contributed by atoms with Crippen LogP contribution in [0.1, 0.15) is 25.7 Å². The molecule has 1 unspecified atom stereocenters. The van der Waals surface area contributed by atoms with Gasteiger partial charge in [0.2, 0.25) is 5.91 Å². The maximum Gasteiger partial charge on any atom is 0.267 e. The summed E-state index contributed by atoms with van der Waals surface area (Å²) in [5, 5.41) is 2.20. The zero-order valence-corrected chi connectivity index (χ0v) is 13.2. The summed E-state index contributed by atoms with van der Waals surface area (Å²) in [5.74, 6) is -0.927. The third-order valence-corrected chi connectivity index (χ3v) is 4.46. The number of hydrogen-bond acceptors (Lipinski definition) is 5. The van der Waals surface area contributed by atoms with Crippen LogP contribution >= 0.6 is 0 Å². The van der Waals surface area contributed by atoms with Gasteiger partial charge < -0.3 is 14.4 Å². The first-order valence-electron chi connectivity index (χ1n) is 8.07. The highest BCUT2D eigenvalue weighted by atomic mass is 19.1. The number of benzene rings is 1. The fourth-order valence-electron chi connectivity index (χ4n) is 3.04. The molecular formula is C17H19FN2O4. The summed E-state index contributed by atoms with van der Waals surface area (Å²) in [6.45, 7) is 1.27. The Morgan fingerprint density at radius 2 is 1.96 bits per heavy atom. The molecule has 7 heteroatoms. The minimum atomic E-state index is -0.781. The Labute approximate surface area is 139 Å². The van der Waals surface area contributed by atoms with Crippen LogP contribution in [0.3, 0.4) is 0 Å². The van der Waals surface area contributed by atoms with E-state index in [0.29, 0.717) is 18.8 Å². The molecule has 0 aliphatic carbocycles. The number of hydrogen-bond donors (Lipinski definition) is 1. The molecule has 128 valence electrons. The number of amides is 2. The van der Waals surface area contributed by atoms with Crippen molar-refractivity contribution in [2.45, 2.75) is 31.8 Å². The molecule has 0 bridgehead atoms. The minimum Gasteiger partial charge on any atom is -0.480 e. The first kappa shape index (κ1) is 16.4. The Morgan fingerprint density at radius 1 is 1.21 bits per heavy atom. The number of nitrogens with zero attached hydrogens (tertiary/aromatic N) is 1. The number of rotatable bonds is 4. The predicted molar refractivity (Wildman–Crippen MR) is 84.2 cm³/mol. The van der Waals surface area contributed by atoms with Gasteiger partial charge in [0, 0.05) is 37.9 Å². The molecule has 2 heterocycles. The fraction of sp³-hybridized carbons (Fsp3) is 0.471. The van der Waals surface area contributed by atoms with Crippen molar-refractivity contribution in [3.63, 3.8) is 0 Å². The van der Waals surface area contributed by atoms with E-state index in [0.717, 1.165) is 19.1 Å². The number of piperidine rings is 2. The van der Waals surface area contributed by atoms with Crippen LogP contribution in [0.15, 0.2) is 18.2 Å². The van der Waals surface area contributed by atoms with Gasteiger partial charge in [-0.1, -0.05) is 0 Å². The van der Waals surface area contributed by atoms with Gasteiger partial charge in [-0.05, 0) is 25.0 Å². The lowest BCUT2D eigenvalue weighted by atomic mass is 9.98. The largest absolute Gasteiger partial charge is 0.480 e. The Bertz CT molecular complexity index is 656. The summed E-state index contributed by atoms with van der Waals surface area (Å²) in [5.41, 5.74) is 0.468. The van der Waals surface area contributed by atoms with Crippen LogP contribution in [-0.4, -0.2) is 37.3 Å². The van der Waals surface area contributed by atoms with Gasteiger partial charge in [-0.3, -0.25) is 14.9 Å². The van der Waals surface area contributed by atoms with Crippen molar-refractivity contribution in [2.75, 3.05) is 18.0 Å². The lowest BCUT2D eigenvalue weighted by Crippen LogP contribution is -2.46. The zero-order valence-electron chi connectivity index (χ0n) is 13.2. The van der Waals surface area contributed by atoms with Crippen molar-refractivity contribution >= 4 is 23.8 Å². The number of halogens is 1. The van der Waals surface area contributed by atoms with Crippen molar-refractivity contribution in [3.05, 3.63) is 24.0 Å². The number of imide groups is 1. The zero-order chi connectivity index (χ0) is 17.1. The van der Waals surface area contributed by atoms with Gasteiger partial charge in [-0.2, -0.15) is 0 Å². The molecule has 0 saturated carbocycles. The topological polar surface area (TPSA) is 75.7 Å². The molecule has 1 atom stereocenters. The molecule has 0 aromatic heterocycles. The van der Waals surface area contributed by atoms with Crippen LogP contribution in [0.2, 0.25) is 0 Å². The van der Waals surface area contributed by atoms with Gasteiger partial charge in [-0.25, -0.2) is 4.39 Å². The molecule has 3 rings (SSSR count). The Hall–Kier alpha value is -2.44. The first-order chi connectivity index (χ1) is 11.6. The van der Waals surface area contributed by atoms with Crippen LogP contribution in [0.5, 0.6) is 5.75 Å². The van der Waals surface area contributed by atoms with Crippen molar-refractivity contribution in [1.29, 1.82) is 0 Å². The number of nitrogens with one attached hydrogen (secondary N) is 1. The standard InChI is InChI=1S/C17H19FN2O4/c18-13-9-12(24-15-3-4-16(22)19-17(15)23)1-2-14(13)20-7-5-11(10-21)6-8-20/h1-2,9-11,15H,3-8H2,(H,19,22,23). The second-order valence-corrected chi connectivity index (χ2v) is 6.13. The second-order valence-electron chi connectivity index (χ2n) is 6.13. The van der Waals surface area contributed by atoms with E-state index in [9.17, 15) is 18.8 Å². The molecule has 6 nitrogen and oxygen atoms in total. The summed E-state index contributed by atoms with van der Waals surface area (Å²) in [6.07, 6.45) is 2.12. The van der Waals surface area contributed by atoms with Gasteiger partial charge in [0.25, 0.3) is 5.91 Å². The second kappa shape index (κ2) is 6.98. The quantitative estimate of drug-likeness (QED) is 0.666. The SMILES string of the molecule is O=CC1CCN(c2ccc(OC3CCC(=O)NC3=O)cc2F)CC1. The molecule has 0 spiro atoms. The van der Waals surface area contributed by atoms with Gasteiger partial charge in [0.15, 0.2) is 6.10 Å². The van der Waals surface area contributed by atoms with E-state index in [1.807, 2.05) is 4.90 Å². The summed E-state index contributed by atoms with van der Waals surface area (Å²) in [7, 11) is 0. The van der Waals surface area contributed by atoms with E-state index in [1.54, 1.807) is 12.1 Å². The van der Waals surface area contributed by atoms with Gasteiger partial charge >= 0.3 is 0 Å². The number of anilines is 1. The highest BCUT2D eigenvalue weighted by Crippen LogP contribution is 2.28. The lowest BCUT2D eigenvalue weighted by Gasteiger charge is -2.32. The number of carbonyl (C=O) groups is 3. The Morgan fingerprint density at radius 3 is 2.58 bits per heavy atom. The van der Waals surface area contributed by atoms with Crippen LogP contribution in [0.4, 0.5) is 10.1 Å². The van der Waals surface area contributed by atoms with Crippen molar-refractivity contribution in [2.24, 2.45) is 5.92 Å². The van der Waals surface area contributed by atoms with Crippen LogP contribution in [-0.2, 0) is 14.4 Å². The number of carbonyl (C=O) groups excluding carboxylic acids is 3. The summed E-state index contributed by atoms with van der Waals surface area (Å²) < 4.78 is 19.9. The summed E-state index contributed by atoms with van der Waals surface area (Å²) in [4.78, 5) is 35.5. The first-order valence-corrected chi connectivity index (χ1v) is 8.07. The monoisotopic (exact) mass is 334 g/mol. The molecule has 1 N–H and O–H groups in total. The molecule has 0 radical (unpaired) electrons. The maximum absolute atomic E-state index is 14.4. The van der Waals surface area contributed by atoms with Crippen molar-refractivity contribution in [1.82, 2.24) is 5.32 Å². The van der Waals surface area contributed by atoms with E-state index in [1.165, 1.54) is 6.07 Å². The average Bonchev–Trinajstić information content (AvgIpc) is 2.58. The molecule has 2 saturated heterocycles. The van der Waals surface area contributed by atoms with Crippen LogP contribution < -0.4 is 15.0 Å². The molecule has 2 amide bonds. The van der Waals surface area contributed by atoms with Crippen molar-refractivity contribution < 1.29 is 23.5 Å². The Balaban J connectivity index is 1.65. The van der Waals surface area contributed by atoms with Crippen LogP contribution in [0, 0.1) is 11.7 Å². The maximum atomic E-state index is 14.4. The lowest BCUT2D eigenvalue weighted by molar-refractivity contribution is -0.138. The van der Waals surface area contributed by atoms with Gasteiger partial charge in [-0.15, -0.1) is 0 Å². The number of ether oxygens (including phenoxy) is 1. The third-order valence-electron chi connectivity index (χ3n) is 4.46. The third kappa shape index (κ3) is 3.55. The highest BCUT2D eigenvalue weighted by molar-refractivity contribution is 5.99. The van der Waals surface area contributed by atoms with E-state index in [2.05, 4.69) is 5.32 Å². The summed E-state index contributed by atoms with van der Waals surface area (Å²) >= 11 is 0. The minimum absolute atomic E-state index is 0.0550. The van der Waals surface area contributed by atoms with E-state index >= 15 is 0 Å². The van der Waals surface area contributed by atoms with Crippen LogP contribution in [0.25, 0.3) is 0 Å². The predicted octanol–water partition coefficient (Wildman–Crippen LogP) is 1.42. The normalized spacial score (nSPS) is 22.2. The fourth-order valence-corrected chi connectivity index (χ4v) is 3.04. The molecule has 1 aromatic carbocycles. The Kier molecular flexibility index (Phi) is 4.78. The molecule has 24 heavy (non-hydrogen) atoms. The van der Waals surface area contributed by atoms with Gasteiger partial charge in [0.05, 0.1) is 5.69 Å². The van der Waals surface area contributed by atoms with Crippen molar-refractivity contribution in [3.8, 4) is 5.75 Å². The molecule has 2 fully saturated rings. The molecule has 1 aromatic rings. The van der Waals surface area contributed by atoms with Gasteiger partial charge in [0.1, 0.15) is 17.9 Å². The molecular weight excluding hydrogens is 315 g/mol. The average molecular weight is 334 g/mol. The van der Waals surface area contributed by atoms with E-state index < -0.39 is 17.8 Å². The molecule has 2 aliphatic rings. The summed E-state index contributed by atoms with van der Waals surface area (Å²) in [6, 6.07) is 4.50. The van der Waals surface area contributed by atoms with E-state index in [-0.39, 0.29) is 30.4 Å². The molecule has 2 aliphatic heterocycles. The highest BCUT2D eigenvalue weighted by Gasteiger charge is 2.28. The number of aldehydes is 1. The smallest absolute Gasteiger partial charge is 0.267 e.